The van der Waals surface area contributed by atoms with Crippen LogP contribution in [-0.2, 0) is 16.0 Å². The normalized spacial score (nSPS) is 10.8. The molecular formula is C20H22N2O3S. The van der Waals surface area contributed by atoms with E-state index in [0.29, 0.717) is 13.0 Å². The first-order valence-electron chi connectivity index (χ1n) is 8.58. The minimum atomic E-state index is -0.0499. The van der Waals surface area contributed by atoms with Gasteiger partial charge >= 0.3 is 0 Å². The summed E-state index contributed by atoms with van der Waals surface area (Å²) in [5.74, 6) is 0.741. The van der Waals surface area contributed by atoms with Crippen molar-refractivity contribution in [2.24, 2.45) is 0 Å². The molecule has 3 aromatic rings. The first-order chi connectivity index (χ1) is 12.7. The van der Waals surface area contributed by atoms with Gasteiger partial charge in [0.1, 0.15) is 5.75 Å². The monoisotopic (exact) mass is 370 g/mol. The third-order valence-corrected chi connectivity index (χ3v) is 4.68. The number of carbonyl (C=O) groups is 1. The zero-order valence-corrected chi connectivity index (χ0v) is 15.6. The second-order valence-corrected chi connectivity index (χ2v) is 6.84. The zero-order valence-electron chi connectivity index (χ0n) is 14.7. The second-order valence-electron chi connectivity index (χ2n) is 5.96. The van der Waals surface area contributed by atoms with Crippen molar-refractivity contribution < 1.29 is 14.3 Å². The molecule has 1 aromatic heterocycles. The number of nitrogens with zero attached hydrogens (tertiary/aromatic N) is 1. The Morgan fingerprint density at radius 3 is 2.92 bits per heavy atom. The second kappa shape index (κ2) is 9.31. The van der Waals surface area contributed by atoms with Gasteiger partial charge in [0.25, 0.3) is 0 Å². The molecule has 1 amide bonds. The molecule has 26 heavy (non-hydrogen) atoms. The van der Waals surface area contributed by atoms with Crippen LogP contribution in [0.4, 0.5) is 5.69 Å². The number of anilines is 1. The molecule has 0 aliphatic carbocycles. The van der Waals surface area contributed by atoms with Crippen molar-refractivity contribution in [3.63, 3.8) is 0 Å². The number of fused-ring (bicyclic) bond motifs is 1. The SMILES string of the molecule is COCCCCOc1cccc(CC(=O)Nc2ccc3ncsc3c2)c1. The summed E-state index contributed by atoms with van der Waals surface area (Å²) in [5.41, 5.74) is 4.47. The van der Waals surface area contributed by atoms with E-state index < -0.39 is 0 Å². The lowest BCUT2D eigenvalue weighted by Crippen LogP contribution is -2.14. The molecule has 2 aromatic carbocycles. The van der Waals surface area contributed by atoms with Gasteiger partial charge in [-0.25, -0.2) is 4.98 Å². The van der Waals surface area contributed by atoms with Gasteiger partial charge in [-0.2, -0.15) is 0 Å². The number of unbranched alkanes of at least 4 members (excludes halogenated alkanes) is 1. The molecule has 3 rings (SSSR count). The molecule has 0 radical (unpaired) electrons. The summed E-state index contributed by atoms with van der Waals surface area (Å²) in [6.45, 7) is 1.39. The van der Waals surface area contributed by atoms with Gasteiger partial charge in [-0.15, -0.1) is 11.3 Å². The lowest BCUT2D eigenvalue weighted by atomic mass is 10.1. The molecule has 0 spiro atoms. The number of rotatable bonds is 9. The summed E-state index contributed by atoms with van der Waals surface area (Å²) >= 11 is 1.56. The largest absolute Gasteiger partial charge is 0.494 e. The molecule has 0 saturated carbocycles. The van der Waals surface area contributed by atoms with Gasteiger partial charge in [0.05, 0.1) is 28.8 Å². The Labute approximate surface area is 157 Å². The van der Waals surface area contributed by atoms with Crippen LogP contribution in [0.25, 0.3) is 10.2 Å². The molecule has 1 heterocycles. The molecule has 0 atom stereocenters. The van der Waals surface area contributed by atoms with Crippen LogP contribution in [-0.4, -0.2) is 31.2 Å². The number of methoxy groups -OCH3 is 1. The number of carbonyl (C=O) groups excluding carboxylic acids is 1. The maximum absolute atomic E-state index is 12.3. The molecule has 5 nitrogen and oxygen atoms in total. The molecule has 0 aliphatic rings. The summed E-state index contributed by atoms with van der Waals surface area (Å²) in [4.78, 5) is 16.6. The summed E-state index contributed by atoms with van der Waals surface area (Å²) in [7, 11) is 1.70. The van der Waals surface area contributed by atoms with Crippen LogP contribution >= 0.6 is 11.3 Å². The number of thiazole rings is 1. The van der Waals surface area contributed by atoms with Crippen molar-refractivity contribution >= 4 is 33.1 Å². The summed E-state index contributed by atoms with van der Waals surface area (Å²) in [6, 6.07) is 13.4. The molecule has 0 aliphatic heterocycles. The van der Waals surface area contributed by atoms with Crippen molar-refractivity contribution in [1.82, 2.24) is 4.98 Å². The summed E-state index contributed by atoms with van der Waals surface area (Å²) in [5, 5.41) is 2.94. The Bertz CT molecular complexity index is 863. The lowest BCUT2D eigenvalue weighted by molar-refractivity contribution is -0.115. The average molecular weight is 370 g/mol. The Morgan fingerprint density at radius 1 is 1.15 bits per heavy atom. The fraction of sp³-hybridized carbons (Fsp3) is 0.300. The van der Waals surface area contributed by atoms with Crippen molar-refractivity contribution in [2.45, 2.75) is 19.3 Å². The van der Waals surface area contributed by atoms with Crippen LogP contribution in [0.2, 0.25) is 0 Å². The van der Waals surface area contributed by atoms with Crippen molar-refractivity contribution in [1.29, 1.82) is 0 Å². The van der Waals surface area contributed by atoms with Crippen LogP contribution in [0, 0.1) is 0 Å². The highest BCUT2D eigenvalue weighted by molar-refractivity contribution is 7.16. The van der Waals surface area contributed by atoms with E-state index in [9.17, 15) is 4.79 Å². The first-order valence-corrected chi connectivity index (χ1v) is 9.46. The highest BCUT2D eigenvalue weighted by Crippen LogP contribution is 2.22. The maximum Gasteiger partial charge on any atom is 0.228 e. The Balaban J connectivity index is 1.52. The van der Waals surface area contributed by atoms with Gasteiger partial charge in [-0.05, 0) is 48.7 Å². The van der Waals surface area contributed by atoms with E-state index in [1.54, 1.807) is 24.0 Å². The Hall–Kier alpha value is -2.44. The van der Waals surface area contributed by atoms with Crippen LogP contribution in [0.1, 0.15) is 18.4 Å². The van der Waals surface area contributed by atoms with Crippen LogP contribution in [0.5, 0.6) is 5.75 Å². The predicted molar refractivity (Wildman–Crippen MR) is 105 cm³/mol. The zero-order chi connectivity index (χ0) is 18.2. The number of ether oxygens (including phenoxy) is 2. The standard InChI is InChI=1S/C20H22N2O3S/c1-24-9-2-3-10-25-17-6-4-5-15(11-17)12-20(23)22-16-7-8-18-19(13-16)26-14-21-18/h4-8,11,13-14H,2-3,9-10,12H2,1H3,(H,22,23). The fourth-order valence-corrected chi connectivity index (χ4v) is 3.32. The third kappa shape index (κ3) is 5.28. The molecule has 0 fully saturated rings. The number of amides is 1. The van der Waals surface area contributed by atoms with E-state index >= 15 is 0 Å². The van der Waals surface area contributed by atoms with E-state index in [0.717, 1.165) is 46.7 Å². The van der Waals surface area contributed by atoms with Gasteiger partial charge in [0.15, 0.2) is 0 Å². The van der Waals surface area contributed by atoms with Crippen LogP contribution in [0.15, 0.2) is 48.0 Å². The number of benzene rings is 2. The maximum atomic E-state index is 12.3. The minimum Gasteiger partial charge on any atom is -0.494 e. The predicted octanol–water partition coefficient (Wildman–Crippen LogP) is 4.28. The van der Waals surface area contributed by atoms with Gasteiger partial charge in [0, 0.05) is 19.4 Å². The summed E-state index contributed by atoms with van der Waals surface area (Å²) in [6.07, 6.45) is 2.23. The number of hydrogen-bond acceptors (Lipinski definition) is 5. The van der Waals surface area contributed by atoms with E-state index in [4.69, 9.17) is 9.47 Å². The average Bonchev–Trinajstić information content (AvgIpc) is 3.09. The van der Waals surface area contributed by atoms with Crippen LogP contribution in [0.3, 0.4) is 0 Å². The van der Waals surface area contributed by atoms with Gasteiger partial charge in [-0.1, -0.05) is 12.1 Å². The van der Waals surface area contributed by atoms with Crippen molar-refractivity contribution in [2.75, 3.05) is 25.6 Å². The summed E-state index contributed by atoms with van der Waals surface area (Å²) < 4.78 is 11.8. The minimum absolute atomic E-state index is 0.0499. The topological polar surface area (TPSA) is 60.5 Å². The van der Waals surface area contributed by atoms with E-state index in [-0.39, 0.29) is 5.91 Å². The Kier molecular flexibility index (Phi) is 6.57. The van der Waals surface area contributed by atoms with E-state index in [1.165, 1.54) is 0 Å². The van der Waals surface area contributed by atoms with Gasteiger partial charge in [0.2, 0.25) is 5.91 Å². The van der Waals surface area contributed by atoms with E-state index in [2.05, 4.69) is 10.3 Å². The van der Waals surface area contributed by atoms with Crippen molar-refractivity contribution in [3.8, 4) is 5.75 Å². The molecule has 0 saturated heterocycles. The molecule has 6 heteroatoms. The smallest absolute Gasteiger partial charge is 0.228 e. The van der Waals surface area contributed by atoms with Crippen molar-refractivity contribution in [3.05, 3.63) is 53.5 Å². The highest BCUT2D eigenvalue weighted by Gasteiger charge is 2.07. The fourth-order valence-electron chi connectivity index (χ4n) is 2.61. The number of nitrogens with one attached hydrogen (secondary N) is 1. The van der Waals surface area contributed by atoms with Gasteiger partial charge < -0.3 is 14.8 Å². The molecule has 0 unspecified atom stereocenters. The molecule has 0 bridgehead atoms. The third-order valence-electron chi connectivity index (χ3n) is 3.89. The highest BCUT2D eigenvalue weighted by atomic mass is 32.1. The van der Waals surface area contributed by atoms with Crippen LogP contribution < -0.4 is 10.1 Å². The number of hydrogen-bond donors (Lipinski definition) is 1. The Morgan fingerprint density at radius 2 is 2.04 bits per heavy atom. The molecule has 1 N–H and O–H groups in total. The molecular weight excluding hydrogens is 348 g/mol. The molecule has 136 valence electrons. The van der Waals surface area contributed by atoms with Gasteiger partial charge in [-0.3, -0.25) is 4.79 Å². The van der Waals surface area contributed by atoms with E-state index in [1.807, 2.05) is 42.5 Å². The quantitative estimate of drug-likeness (QED) is 0.571. The lowest BCUT2D eigenvalue weighted by Gasteiger charge is -2.09. The number of aromatic nitrogens is 1. The first kappa shape index (κ1) is 18.4.